The number of benzene rings is 2. The number of aliphatic imine (C=N–C) groups is 1. The molecule has 6 heteroatoms. The zero-order valence-corrected chi connectivity index (χ0v) is 15.8. The number of halogens is 1. The van der Waals surface area contributed by atoms with E-state index in [1.54, 1.807) is 13.1 Å². The van der Waals surface area contributed by atoms with Crippen molar-refractivity contribution < 1.29 is 4.39 Å². The summed E-state index contributed by atoms with van der Waals surface area (Å²) >= 11 is 0. The average molecular weight is 367 g/mol. The number of aromatic nitrogens is 2. The zero-order valence-electron chi connectivity index (χ0n) is 15.8. The Hall–Kier alpha value is -2.89. The summed E-state index contributed by atoms with van der Waals surface area (Å²) in [7, 11) is 1.76. The van der Waals surface area contributed by atoms with E-state index >= 15 is 0 Å². The quantitative estimate of drug-likeness (QED) is 0.341. The number of guanidine groups is 1. The molecule has 0 aliphatic rings. The second-order valence-electron chi connectivity index (χ2n) is 6.55. The van der Waals surface area contributed by atoms with E-state index in [4.69, 9.17) is 0 Å². The molecule has 5 nitrogen and oxygen atoms in total. The van der Waals surface area contributed by atoms with E-state index in [0.29, 0.717) is 0 Å². The average Bonchev–Trinajstić information content (AvgIpc) is 3.08. The number of hydrogen-bond acceptors (Lipinski definition) is 2. The number of imidazole rings is 1. The highest BCUT2D eigenvalue weighted by molar-refractivity contribution is 5.79. The maximum absolute atomic E-state index is 13.2. The molecular weight excluding hydrogens is 341 g/mol. The fourth-order valence-electron chi connectivity index (χ4n) is 3.06. The number of aromatic amines is 1. The number of aryl methyl sites for hydroxylation is 2. The summed E-state index contributed by atoms with van der Waals surface area (Å²) in [5.41, 5.74) is 4.21. The SMILES string of the molecule is CN=C(NCCCc1nc2ccccc2[nH]1)NCCc1ccc(F)cc1C. The van der Waals surface area contributed by atoms with Crippen molar-refractivity contribution in [3.05, 3.63) is 65.2 Å². The van der Waals surface area contributed by atoms with Gasteiger partial charge in [0.15, 0.2) is 5.96 Å². The van der Waals surface area contributed by atoms with Gasteiger partial charge in [-0.15, -0.1) is 0 Å². The second-order valence-corrected chi connectivity index (χ2v) is 6.55. The molecule has 0 radical (unpaired) electrons. The molecule has 3 N–H and O–H groups in total. The van der Waals surface area contributed by atoms with Crippen LogP contribution in [0.4, 0.5) is 4.39 Å². The molecule has 27 heavy (non-hydrogen) atoms. The molecule has 0 saturated carbocycles. The van der Waals surface area contributed by atoms with Gasteiger partial charge in [-0.1, -0.05) is 18.2 Å². The van der Waals surface area contributed by atoms with Crippen LogP contribution >= 0.6 is 0 Å². The van der Waals surface area contributed by atoms with Crippen molar-refractivity contribution in [2.45, 2.75) is 26.2 Å². The Morgan fingerprint density at radius 3 is 2.70 bits per heavy atom. The monoisotopic (exact) mass is 367 g/mol. The molecule has 0 aliphatic carbocycles. The maximum atomic E-state index is 13.2. The second kappa shape index (κ2) is 9.16. The molecule has 0 saturated heterocycles. The van der Waals surface area contributed by atoms with Crippen LogP contribution in [0.1, 0.15) is 23.4 Å². The zero-order chi connectivity index (χ0) is 19.1. The predicted octanol–water partition coefficient (Wildman–Crippen LogP) is 3.35. The van der Waals surface area contributed by atoms with Gasteiger partial charge < -0.3 is 15.6 Å². The Morgan fingerprint density at radius 1 is 1.11 bits per heavy atom. The van der Waals surface area contributed by atoms with Crippen molar-refractivity contribution in [1.29, 1.82) is 0 Å². The van der Waals surface area contributed by atoms with E-state index in [1.165, 1.54) is 6.07 Å². The minimum Gasteiger partial charge on any atom is -0.356 e. The van der Waals surface area contributed by atoms with Crippen LogP contribution in [0.5, 0.6) is 0 Å². The number of hydrogen-bond donors (Lipinski definition) is 3. The lowest BCUT2D eigenvalue weighted by atomic mass is 10.1. The van der Waals surface area contributed by atoms with E-state index < -0.39 is 0 Å². The first-order chi connectivity index (χ1) is 13.2. The fraction of sp³-hybridized carbons (Fsp3) is 0.333. The summed E-state index contributed by atoms with van der Waals surface area (Å²) < 4.78 is 13.2. The number of H-pyrrole nitrogens is 1. The lowest BCUT2D eigenvalue weighted by Crippen LogP contribution is -2.38. The molecule has 0 unspecified atom stereocenters. The molecule has 1 aromatic heterocycles. The van der Waals surface area contributed by atoms with Crippen molar-refractivity contribution in [2.75, 3.05) is 20.1 Å². The van der Waals surface area contributed by atoms with E-state index in [-0.39, 0.29) is 5.82 Å². The van der Waals surface area contributed by atoms with E-state index in [1.807, 2.05) is 37.3 Å². The Balaban J connectivity index is 1.38. The lowest BCUT2D eigenvalue weighted by Gasteiger charge is -2.12. The number of nitrogens with zero attached hydrogens (tertiary/aromatic N) is 2. The van der Waals surface area contributed by atoms with Crippen LogP contribution in [0.2, 0.25) is 0 Å². The van der Waals surface area contributed by atoms with Crippen LogP contribution in [0.15, 0.2) is 47.5 Å². The van der Waals surface area contributed by atoms with Crippen LogP contribution in [0.25, 0.3) is 11.0 Å². The first-order valence-electron chi connectivity index (χ1n) is 9.29. The number of fused-ring (bicyclic) bond motifs is 1. The third-order valence-electron chi connectivity index (χ3n) is 4.54. The topological polar surface area (TPSA) is 65.1 Å². The van der Waals surface area contributed by atoms with Crippen LogP contribution in [0, 0.1) is 12.7 Å². The molecule has 0 fully saturated rings. The van der Waals surface area contributed by atoms with Gasteiger partial charge >= 0.3 is 0 Å². The molecule has 2 aromatic carbocycles. The van der Waals surface area contributed by atoms with Gasteiger partial charge in [0.2, 0.25) is 0 Å². The van der Waals surface area contributed by atoms with E-state index in [0.717, 1.165) is 66.3 Å². The van der Waals surface area contributed by atoms with Crippen LogP contribution < -0.4 is 10.6 Å². The van der Waals surface area contributed by atoms with E-state index in [2.05, 4.69) is 25.6 Å². The van der Waals surface area contributed by atoms with Gasteiger partial charge in [0, 0.05) is 26.6 Å². The summed E-state index contributed by atoms with van der Waals surface area (Å²) in [6, 6.07) is 13.0. The van der Waals surface area contributed by atoms with Gasteiger partial charge in [-0.2, -0.15) is 0 Å². The molecule has 142 valence electrons. The highest BCUT2D eigenvalue weighted by Gasteiger charge is 2.04. The molecule has 3 rings (SSSR count). The first-order valence-corrected chi connectivity index (χ1v) is 9.29. The molecular formula is C21H26FN5. The highest BCUT2D eigenvalue weighted by atomic mass is 19.1. The lowest BCUT2D eigenvalue weighted by molar-refractivity contribution is 0.625. The number of rotatable bonds is 7. The van der Waals surface area contributed by atoms with Gasteiger partial charge in [0.1, 0.15) is 11.6 Å². The molecule has 0 atom stereocenters. The summed E-state index contributed by atoms with van der Waals surface area (Å²) in [5, 5.41) is 6.62. The van der Waals surface area contributed by atoms with E-state index in [9.17, 15) is 4.39 Å². The molecule has 0 aliphatic heterocycles. The maximum Gasteiger partial charge on any atom is 0.190 e. The smallest absolute Gasteiger partial charge is 0.190 e. The van der Waals surface area contributed by atoms with Gasteiger partial charge in [0.25, 0.3) is 0 Å². The van der Waals surface area contributed by atoms with Gasteiger partial charge in [0.05, 0.1) is 11.0 Å². The van der Waals surface area contributed by atoms with Crippen molar-refractivity contribution in [1.82, 2.24) is 20.6 Å². The van der Waals surface area contributed by atoms with Crippen molar-refractivity contribution in [2.24, 2.45) is 4.99 Å². The fourth-order valence-corrected chi connectivity index (χ4v) is 3.06. The van der Waals surface area contributed by atoms with Gasteiger partial charge in [-0.05, 0) is 55.2 Å². The Kier molecular flexibility index (Phi) is 6.41. The van der Waals surface area contributed by atoms with Gasteiger partial charge in [-0.25, -0.2) is 9.37 Å². The minimum absolute atomic E-state index is 0.189. The van der Waals surface area contributed by atoms with Crippen molar-refractivity contribution in [3.8, 4) is 0 Å². The van der Waals surface area contributed by atoms with Crippen molar-refractivity contribution in [3.63, 3.8) is 0 Å². The molecule has 0 bridgehead atoms. The van der Waals surface area contributed by atoms with Crippen molar-refractivity contribution >= 4 is 17.0 Å². The van der Waals surface area contributed by atoms with Crippen LogP contribution in [0.3, 0.4) is 0 Å². The Morgan fingerprint density at radius 2 is 1.93 bits per heavy atom. The highest BCUT2D eigenvalue weighted by Crippen LogP contribution is 2.11. The summed E-state index contributed by atoms with van der Waals surface area (Å²) in [6.45, 7) is 3.49. The third kappa shape index (κ3) is 5.29. The number of nitrogens with one attached hydrogen (secondary N) is 3. The minimum atomic E-state index is -0.189. The van der Waals surface area contributed by atoms with Crippen LogP contribution in [-0.2, 0) is 12.8 Å². The standard InChI is InChI=1S/C21H26FN5/c1-15-14-17(22)10-9-16(15)11-13-25-21(23-2)24-12-5-8-20-26-18-6-3-4-7-19(18)27-20/h3-4,6-7,9-10,14H,5,8,11-13H2,1-2H3,(H,26,27)(H2,23,24,25). The summed E-state index contributed by atoms with van der Waals surface area (Å²) in [6.07, 6.45) is 2.66. The third-order valence-corrected chi connectivity index (χ3v) is 4.54. The first kappa shape index (κ1) is 18.9. The molecule has 0 amide bonds. The molecule has 1 heterocycles. The predicted molar refractivity (Wildman–Crippen MR) is 109 cm³/mol. The molecule has 3 aromatic rings. The molecule has 0 spiro atoms. The summed E-state index contributed by atoms with van der Waals surface area (Å²) in [5.74, 6) is 1.60. The normalized spacial score (nSPS) is 11.7. The largest absolute Gasteiger partial charge is 0.356 e. The summed E-state index contributed by atoms with van der Waals surface area (Å²) in [4.78, 5) is 12.2. The van der Waals surface area contributed by atoms with Crippen LogP contribution in [-0.4, -0.2) is 36.1 Å². The number of para-hydroxylation sites is 2. The Labute approximate surface area is 159 Å². The van der Waals surface area contributed by atoms with Gasteiger partial charge in [-0.3, -0.25) is 4.99 Å². The Bertz CT molecular complexity index is 883.